The van der Waals surface area contributed by atoms with Crippen LogP contribution in [0.3, 0.4) is 0 Å². The fourth-order valence-corrected chi connectivity index (χ4v) is 12.8. The summed E-state index contributed by atoms with van der Waals surface area (Å²) in [5.74, 6) is 0.596. The third-order valence-corrected chi connectivity index (χ3v) is 18.7. The lowest BCUT2D eigenvalue weighted by Gasteiger charge is -2.26. The van der Waals surface area contributed by atoms with Crippen molar-refractivity contribution >= 4 is 46.4 Å². The lowest BCUT2D eigenvalue weighted by Crippen LogP contribution is -2.15. The average Bonchev–Trinajstić information content (AvgIpc) is 0.776. The summed E-state index contributed by atoms with van der Waals surface area (Å²) in [5.41, 5.74) is 15.2. The minimum atomic E-state index is -0.348. The van der Waals surface area contributed by atoms with Gasteiger partial charge >= 0.3 is 0 Å². The van der Waals surface area contributed by atoms with E-state index in [0.717, 1.165) is 33.4 Å². The molecule has 94 heavy (non-hydrogen) atoms. The Morgan fingerprint density at radius 2 is 0.287 bits per heavy atom. The number of halogens is 4. The van der Waals surface area contributed by atoms with E-state index in [1.165, 1.54) is 0 Å². The van der Waals surface area contributed by atoms with Gasteiger partial charge in [0.2, 0.25) is 0 Å². The number of aromatic hydroxyl groups is 8. The summed E-state index contributed by atoms with van der Waals surface area (Å²) >= 11 is 19.1. The maximum Gasteiger partial charge on any atom is 0.122 e. The smallest absolute Gasteiger partial charge is 0.122 e. The summed E-state index contributed by atoms with van der Waals surface area (Å²) in [6, 6.07) is 32.2. The Labute approximate surface area is 579 Å². The van der Waals surface area contributed by atoms with Crippen LogP contribution in [0.2, 0.25) is 0 Å². The van der Waals surface area contributed by atoms with Gasteiger partial charge in [-0.25, -0.2) is 0 Å². The maximum absolute atomic E-state index is 12.9. The van der Waals surface area contributed by atoms with Crippen molar-refractivity contribution in [1.82, 2.24) is 0 Å². The summed E-state index contributed by atoms with van der Waals surface area (Å²) in [6.07, 6.45) is 1.36. The van der Waals surface area contributed by atoms with Gasteiger partial charge in [0.25, 0.3) is 0 Å². The molecule has 0 spiro atoms. The Morgan fingerprint density at radius 3 is 0.372 bits per heavy atom. The molecule has 8 N–H and O–H groups in total. The van der Waals surface area contributed by atoms with Crippen molar-refractivity contribution in [3.05, 3.63) is 219 Å². The van der Waals surface area contributed by atoms with E-state index >= 15 is 0 Å². The molecule has 0 unspecified atom stereocenters. The van der Waals surface area contributed by atoms with Crippen LogP contribution in [-0.4, -0.2) is 51.5 Å². The molecule has 0 saturated carbocycles. The minimum absolute atomic E-state index is 0.0248. The first-order chi connectivity index (χ1) is 43.4. The zero-order valence-corrected chi connectivity index (χ0v) is 61.4. The van der Waals surface area contributed by atoms with Crippen LogP contribution in [0, 0.1) is 0 Å². The summed E-state index contributed by atoms with van der Waals surface area (Å²) in [4.78, 5) is 0. The van der Waals surface area contributed by atoms with Crippen molar-refractivity contribution in [3.63, 3.8) is 0 Å². The second-order valence-corrected chi connectivity index (χ2v) is 33.9. The molecule has 10 rings (SSSR count). The van der Waals surface area contributed by atoms with E-state index < -0.39 is 0 Å². The van der Waals surface area contributed by atoms with Crippen molar-refractivity contribution in [3.8, 4) is 57.1 Å². The number of phenols is 8. The first-order valence-corrected chi connectivity index (χ1v) is 34.6. The van der Waals surface area contributed by atoms with Crippen LogP contribution < -0.4 is 0 Å². The Bertz CT molecular complexity index is 3670. The number of phenolic OH excluding ortho intramolecular Hbond substituents is 8. The highest BCUT2D eigenvalue weighted by Crippen LogP contribution is 2.47. The van der Waals surface area contributed by atoms with Crippen LogP contribution in [0.25, 0.3) is 11.1 Å². The number of rotatable bonds is 1. The summed E-state index contributed by atoms with van der Waals surface area (Å²) in [7, 11) is 0. The van der Waals surface area contributed by atoms with Gasteiger partial charge in [0.1, 0.15) is 46.0 Å². The number of fused-ring (bicyclic) bond motifs is 16. The summed E-state index contributed by atoms with van der Waals surface area (Å²) in [6.45, 7) is 38.5. The fraction of sp³-hybridized carbons (Fsp3) is 0.415. The Balaban J connectivity index is 0.00000182. The van der Waals surface area contributed by atoms with Gasteiger partial charge < -0.3 is 40.9 Å². The van der Waals surface area contributed by atoms with E-state index in [4.69, 9.17) is 46.4 Å². The molecular weight excluding hydrogens is 1250 g/mol. The van der Waals surface area contributed by atoms with Crippen LogP contribution in [0.15, 0.2) is 97.1 Å². The number of alkyl halides is 4. The van der Waals surface area contributed by atoms with Crippen LogP contribution in [0.1, 0.15) is 247 Å². The summed E-state index contributed by atoms with van der Waals surface area (Å²) < 4.78 is 0. The highest BCUT2D eigenvalue weighted by atomic mass is 35.5. The third kappa shape index (κ3) is 16.2. The van der Waals surface area contributed by atoms with Gasteiger partial charge in [-0.3, -0.25) is 0 Å². The van der Waals surface area contributed by atoms with Gasteiger partial charge in [-0.05, 0) is 190 Å². The van der Waals surface area contributed by atoms with Crippen LogP contribution in [0.4, 0.5) is 0 Å². The Hall–Kier alpha value is -6.68. The van der Waals surface area contributed by atoms with E-state index in [1.54, 1.807) is 0 Å². The van der Waals surface area contributed by atoms with Gasteiger partial charge in [0.15, 0.2) is 0 Å². The van der Waals surface area contributed by atoms with E-state index in [0.29, 0.717) is 100 Å². The zero-order valence-electron chi connectivity index (χ0n) is 58.4. The lowest BCUT2D eigenvalue weighted by molar-refractivity contribution is 0.447. The van der Waals surface area contributed by atoms with Gasteiger partial charge in [-0.1, -0.05) is 197 Å². The normalized spacial score (nSPS) is 13.7. The molecule has 0 atom stereocenters. The van der Waals surface area contributed by atoms with Crippen molar-refractivity contribution in [2.75, 3.05) is 10.7 Å². The van der Waals surface area contributed by atoms with E-state index in [1.807, 2.05) is 97.1 Å². The number of hydrogen-bond donors (Lipinski definition) is 8. The molecule has 502 valence electrons. The van der Waals surface area contributed by atoms with E-state index in [-0.39, 0.29) is 141 Å². The third-order valence-electron chi connectivity index (χ3n) is 18.7. The number of hydrogen-bond acceptors (Lipinski definition) is 8. The molecule has 0 aromatic heterocycles. The molecule has 0 heterocycles. The number of benzene rings is 8. The van der Waals surface area contributed by atoms with Crippen LogP contribution in [-0.2, 0) is 83.9 Å². The first-order valence-electron chi connectivity index (χ1n) is 32.5. The van der Waals surface area contributed by atoms with Crippen LogP contribution in [0.5, 0.6) is 46.0 Å². The van der Waals surface area contributed by atoms with E-state index in [9.17, 15) is 40.9 Å². The molecule has 8 aromatic carbocycles. The average molecular weight is 1350 g/mol. The predicted octanol–water partition coefficient (Wildman–Crippen LogP) is 21.0. The van der Waals surface area contributed by atoms with Crippen molar-refractivity contribution in [1.29, 1.82) is 0 Å². The largest absolute Gasteiger partial charge is 0.507 e. The molecule has 8 nitrogen and oxygen atoms in total. The fourth-order valence-electron chi connectivity index (χ4n) is 12.8. The second kappa shape index (κ2) is 27.4. The van der Waals surface area contributed by atoms with Gasteiger partial charge in [-0.15, -0.1) is 46.4 Å². The van der Waals surface area contributed by atoms with E-state index in [2.05, 4.69) is 125 Å². The summed E-state index contributed by atoms with van der Waals surface area (Å²) in [5, 5.41) is 101. The molecular formula is C82H98Cl4O8. The quantitative estimate of drug-likeness (QED) is 0.0754. The van der Waals surface area contributed by atoms with Crippen molar-refractivity contribution in [2.24, 2.45) is 0 Å². The highest BCUT2D eigenvalue weighted by molar-refractivity contribution is 6.41. The molecule has 12 heteroatoms. The van der Waals surface area contributed by atoms with Gasteiger partial charge in [0.05, 0.1) is 10.7 Å². The molecule has 0 saturated heterocycles. The molecule has 16 bridgehead atoms. The molecule has 0 fully saturated rings. The zero-order chi connectivity index (χ0) is 69.9. The van der Waals surface area contributed by atoms with Gasteiger partial charge in [-0.2, -0.15) is 0 Å². The highest BCUT2D eigenvalue weighted by Gasteiger charge is 2.31. The maximum atomic E-state index is 12.9. The monoisotopic (exact) mass is 1350 g/mol. The lowest BCUT2D eigenvalue weighted by atomic mass is 9.79. The first kappa shape index (κ1) is 73.1. The van der Waals surface area contributed by atoms with Crippen LogP contribution >= 0.6 is 46.4 Å². The predicted molar refractivity (Wildman–Crippen MR) is 392 cm³/mol. The SMILES string of the molecule is CC(C)(C)c1cc2c(O)c(c1)Cc1cc(C(C)(C)C)cc(c1O)Cc1cc(C(C)(C)C)cc(c1O)Cc1cc(-c3cc4c(O)c(c3)Cc3cc(C(C)(C)C)cc(c3O)Cc3cc(C(C)(C)C)cc(c3O)Cc3cc(C(C)(C)C)cc(c3O)C4)cc(c1O)C2.ClCCl.ClCCl. The van der Waals surface area contributed by atoms with Crippen molar-refractivity contribution in [2.45, 2.75) is 208 Å². The topological polar surface area (TPSA) is 162 Å². The Morgan fingerprint density at radius 1 is 0.202 bits per heavy atom. The molecule has 8 aromatic rings. The minimum Gasteiger partial charge on any atom is -0.507 e. The standard InChI is InChI=1S/C80H94O8.2CH2Cl2/c1-75(2,3)61-31-49-23-45-19-43(20-46(67(45)81)24-50-32-62(76(4,5)6)36-54(70(50)84)28-58-40-65(79(13,14)15)39-57(73(58)87)27-53(35-61)69(49)83)44-21-47-25-51-33-63(77(7,8)9)37-55(71(51)85)29-59-41-66(80(16,17)18)42-60(74(59)88)30-56-38-64(78(10,11)12)34-52(72(56)86)26-48(22-44)68(47)82;2*2-1-3/h19-22,31-42,81-88H,23-30H2,1-18H3;2*1H2. The van der Waals surface area contributed by atoms with Crippen molar-refractivity contribution < 1.29 is 40.9 Å². The molecule has 0 radical (unpaired) electrons. The molecule has 2 aliphatic carbocycles. The second-order valence-electron chi connectivity index (χ2n) is 32.3. The Kier molecular flexibility index (Phi) is 21.4. The van der Waals surface area contributed by atoms with Gasteiger partial charge in [0, 0.05) is 51.4 Å². The molecule has 2 aliphatic rings. The molecule has 0 aliphatic heterocycles. The molecule has 0 amide bonds.